The molecule has 1 rings (SSSR count). The Hall–Kier alpha value is -1.31. The van der Waals surface area contributed by atoms with Gasteiger partial charge in [0.15, 0.2) is 0 Å². The first-order valence-electron chi connectivity index (χ1n) is 5.96. The SMILES string of the molecule is CCCC(N)C(=O)Nc1ccccc1NS(C)(=O)=O.Cl. The molecule has 0 spiro atoms. The van der Waals surface area contributed by atoms with Gasteiger partial charge in [0.2, 0.25) is 15.9 Å². The predicted molar refractivity (Wildman–Crippen MR) is 83.7 cm³/mol. The number of para-hydroxylation sites is 2. The Kier molecular flexibility index (Phi) is 7.55. The first-order chi connectivity index (χ1) is 8.83. The van der Waals surface area contributed by atoms with Crippen molar-refractivity contribution in [2.45, 2.75) is 25.8 Å². The molecule has 0 radical (unpaired) electrons. The van der Waals surface area contributed by atoms with E-state index in [0.29, 0.717) is 17.8 Å². The highest BCUT2D eigenvalue weighted by Gasteiger charge is 2.14. The van der Waals surface area contributed by atoms with Gasteiger partial charge in [0.05, 0.1) is 23.7 Å². The van der Waals surface area contributed by atoms with E-state index in [4.69, 9.17) is 5.73 Å². The number of rotatable bonds is 6. The summed E-state index contributed by atoms with van der Waals surface area (Å²) in [4.78, 5) is 11.8. The standard InChI is InChI=1S/C12H19N3O3S.ClH/c1-3-6-9(13)12(16)14-10-7-4-5-8-11(10)15-19(2,17)18;/h4-5,7-9,15H,3,6,13H2,1-2H3,(H,14,16);1H. The lowest BCUT2D eigenvalue weighted by Gasteiger charge is -2.14. The summed E-state index contributed by atoms with van der Waals surface area (Å²) in [5.41, 5.74) is 6.42. The quantitative estimate of drug-likeness (QED) is 0.739. The number of carbonyl (C=O) groups is 1. The maximum Gasteiger partial charge on any atom is 0.241 e. The van der Waals surface area contributed by atoms with Gasteiger partial charge in [0, 0.05) is 0 Å². The number of benzene rings is 1. The second kappa shape index (κ2) is 8.08. The fourth-order valence-electron chi connectivity index (χ4n) is 1.55. The molecular weight excluding hydrogens is 302 g/mol. The van der Waals surface area contributed by atoms with Gasteiger partial charge in [-0.15, -0.1) is 12.4 Å². The van der Waals surface area contributed by atoms with Gasteiger partial charge in [0.1, 0.15) is 0 Å². The smallest absolute Gasteiger partial charge is 0.241 e. The van der Waals surface area contributed by atoms with Crippen molar-refractivity contribution in [3.8, 4) is 0 Å². The molecule has 0 aliphatic carbocycles. The number of hydrogen-bond acceptors (Lipinski definition) is 4. The molecule has 114 valence electrons. The summed E-state index contributed by atoms with van der Waals surface area (Å²) in [5.74, 6) is -0.329. The van der Waals surface area contributed by atoms with Gasteiger partial charge in [-0.05, 0) is 18.6 Å². The van der Waals surface area contributed by atoms with Crippen LogP contribution in [0.5, 0.6) is 0 Å². The number of sulfonamides is 1. The summed E-state index contributed by atoms with van der Waals surface area (Å²) in [6.45, 7) is 1.94. The van der Waals surface area contributed by atoms with Crippen LogP contribution in [0.2, 0.25) is 0 Å². The Morgan fingerprint density at radius 1 is 1.30 bits per heavy atom. The number of nitrogens with two attached hydrogens (primary N) is 1. The lowest BCUT2D eigenvalue weighted by molar-refractivity contribution is -0.117. The van der Waals surface area contributed by atoms with Crippen LogP contribution in [0.1, 0.15) is 19.8 Å². The second-order valence-corrected chi connectivity index (χ2v) is 6.05. The molecule has 0 aliphatic heterocycles. The summed E-state index contributed by atoms with van der Waals surface area (Å²) in [7, 11) is -3.40. The molecule has 0 bridgehead atoms. The fourth-order valence-corrected chi connectivity index (χ4v) is 2.13. The Balaban J connectivity index is 0.00000361. The van der Waals surface area contributed by atoms with Crippen LogP contribution < -0.4 is 15.8 Å². The number of carbonyl (C=O) groups excluding carboxylic acids is 1. The molecule has 6 nitrogen and oxygen atoms in total. The van der Waals surface area contributed by atoms with Gasteiger partial charge in [0.25, 0.3) is 0 Å². The molecule has 1 atom stereocenters. The van der Waals surface area contributed by atoms with E-state index in [0.717, 1.165) is 12.7 Å². The zero-order valence-electron chi connectivity index (χ0n) is 11.4. The summed E-state index contributed by atoms with van der Waals surface area (Å²) in [5, 5.41) is 2.63. The van der Waals surface area contributed by atoms with Crippen LogP contribution in [0, 0.1) is 0 Å². The average Bonchev–Trinajstić information content (AvgIpc) is 2.30. The van der Waals surface area contributed by atoms with Crippen LogP contribution in [0.3, 0.4) is 0 Å². The van der Waals surface area contributed by atoms with Crippen LogP contribution in [-0.4, -0.2) is 26.6 Å². The van der Waals surface area contributed by atoms with Crippen molar-refractivity contribution in [1.82, 2.24) is 0 Å². The molecule has 1 aromatic rings. The lowest BCUT2D eigenvalue weighted by Crippen LogP contribution is -2.35. The molecule has 1 unspecified atom stereocenters. The summed E-state index contributed by atoms with van der Waals surface area (Å²) in [6, 6.07) is 5.96. The Morgan fingerprint density at radius 2 is 1.85 bits per heavy atom. The monoisotopic (exact) mass is 321 g/mol. The largest absolute Gasteiger partial charge is 0.323 e. The molecule has 0 heterocycles. The molecule has 20 heavy (non-hydrogen) atoms. The maximum absolute atomic E-state index is 11.8. The fraction of sp³-hybridized carbons (Fsp3) is 0.417. The highest BCUT2D eigenvalue weighted by Crippen LogP contribution is 2.22. The summed E-state index contributed by atoms with van der Waals surface area (Å²) in [6.07, 6.45) is 2.43. The molecule has 0 aliphatic rings. The van der Waals surface area contributed by atoms with Gasteiger partial charge < -0.3 is 11.1 Å². The first kappa shape index (κ1) is 18.7. The van der Waals surface area contributed by atoms with E-state index >= 15 is 0 Å². The van der Waals surface area contributed by atoms with Crippen LogP contribution >= 0.6 is 12.4 Å². The van der Waals surface area contributed by atoms with Gasteiger partial charge >= 0.3 is 0 Å². The van der Waals surface area contributed by atoms with E-state index in [9.17, 15) is 13.2 Å². The second-order valence-electron chi connectivity index (χ2n) is 4.30. The molecule has 0 saturated heterocycles. The third-order valence-corrected chi connectivity index (χ3v) is 3.01. The molecule has 0 saturated carbocycles. The van der Waals surface area contributed by atoms with E-state index < -0.39 is 16.1 Å². The summed E-state index contributed by atoms with van der Waals surface area (Å²) >= 11 is 0. The molecule has 0 fully saturated rings. The minimum absolute atomic E-state index is 0. The van der Waals surface area contributed by atoms with E-state index in [1.807, 2.05) is 6.92 Å². The van der Waals surface area contributed by atoms with Gasteiger partial charge in [-0.1, -0.05) is 25.5 Å². The van der Waals surface area contributed by atoms with Crippen molar-refractivity contribution < 1.29 is 13.2 Å². The van der Waals surface area contributed by atoms with Crippen molar-refractivity contribution in [3.05, 3.63) is 24.3 Å². The van der Waals surface area contributed by atoms with Gasteiger partial charge in [-0.25, -0.2) is 8.42 Å². The van der Waals surface area contributed by atoms with Crippen LogP contribution in [-0.2, 0) is 14.8 Å². The number of halogens is 1. The third kappa shape index (κ3) is 6.23. The highest BCUT2D eigenvalue weighted by atomic mass is 35.5. The van der Waals surface area contributed by atoms with Crippen molar-refractivity contribution in [2.24, 2.45) is 5.73 Å². The van der Waals surface area contributed by atoms with Gasteiger partial charge in [-0.2, -0.15) is 0 Å². The lowest BCUT2D eigenvalue weighted by atomic mass is 10.1. The highest BCUT2D eigenvalue weighted by molar-refractivity contribution is 7.92. The summed E-state index contributed by atoms with van der Waals surface area (Å²) < 4.78 is 24.8. The Morgan fingerprint density at radius 3 is 2.35 bits per heavy atom. The number of nitrogens with one attached hydrogen (secondary N) is 2. The van der Waals surface area contributed by atoms with Crippen molar-refractivity contribution in [3.63, 3.8) is 0 Å². The number of amides is 1. The zero-order chi connectivity index (χ0) is 14.5. The minimum atomic E-state index is -3.40. The zero-order valence-corrected chi connectivity index (χ0v) is 13.1. The molecule has 0 aromatic heterocycles. The molecular formula is C12H20ClN3O3S. The van der Waals surface area contributed by atoms with Crippen LogP contribution in [0.25, 0.3) is 0 Å². The average molecular weight is 322 g/mol. The molecule has 1 aromatic carbocycles. The maximum atomic E-state index is 11.8. The number of hydrogen-bond donors (Lipinski definition) is 3. The van der Waals surface area contributed by atoms with E-state index in [1.54, 1.807) is 24.3 Å². The van der Waals surface area contributed by atoms with Crippen molar-refractivity contribution in [1.29, 1.82) is 0 Å². The minimum Gasteiger partial charge on any atom is -0.323 e. The Labute approximate surface area is 125 Å². The third-order valence-electron chi connectivity index (χ3n) is 2.42. The topological polar surface area (TPSA) is 101 Å². The van der Waals surface area contributed by atoms with Crippen molar-refractivity contribution >= 4 is 39.7 Å². The Bertz CT molecular complexity index is 549. The van der Waals surface area contributed by atoms with E-state index in [1.165, 1.54) is 0 Å². The van der Waals surface area contributed by atoms with Crippen LogP contribution in [0.4, 0.5) is 11.4 Å². The van der Waals surface area contributed by atoms with Crippen LogP contribution in [0.15, 0.2) is 24.3 Å². The van der Waals surface area contributed by atoms with E-state index in [-0.39, 0.29) is 18.3 Å². The number of anilines is 2. The first-order valence-corrected chi connectivity index (χ1v) is 7.86. The van der Waals surface area contributed by atoms with Gasteiger partial charge in [-0.3, -0.25) is 9.52 Å². The molecule has 8 heteroatoms. The van der Waals surface area contributed by atoms with Crippen molar-refractivity contribution in [2.75, 3.05) is 16.3 Å². The van der Waals surface area contributed by atoms with E-state index in [2.05, 4.69) is 10.0 Å². The molecule has 4 N–H and O–H groups in total. The molecule has 1 amide bonds. The normalized spacial score (nSPS) is 12.2. The predicted octanol–water partition coefficient (Wildman–Crippen LogP) is 1.55.